The van der Waals surface area contributed by atoms with Crippen LogP contribution in [-0.2, 0) is 22.6 Å². The number of esters is 1. The van der Waals surface area contributed by atoms with Crippen LogP contribution in [0.2, 0.25) is 0 Å². The predicted octanol–water partition coefficient (Wildman–Crippen LogP) is 8.20. The fourth-order valence-corrected chi connectivity index (χ4v) is 6.72. The van der Waals surface area contributed by atoms with Crippen LogP contribution in [0.1, 0.15) is 109 Å². The molecular weight excluding hydrogens is 634 g/mol. The molecule has 0 saturated heterocycles. The van der Waals surface area contributed by atoms with Gasteiger partial charge in [0.15, 0.2) is 18.1 Å². The molecule has 0 aliphatic heterocycles. The topological polar surface area (TPSA) is 149 Å². The molecule has 4 aromatic rings. The lowest BCUT2D eigenvalue weighted by atomic mass is 9.99. The summed E-state index contributed by atoms with van der Waals surface area (Å²) in [4.78, 5) is 40.5. The highest BCUT2D eigenvalue weighted by Crippen LogP contribution is 2.40. The summed E-state index contributed by atoms with van der Waals surface area (Å²) in [7, 11) is 1.38. The molecule has 0 saturated carbocycles. The van der Waals surface area contributed by atoms with E-state index in [1.54, 1.807) is 6.92 Å². The number of nitrogens with zero attached hydrogens (tertiary/aromatic N) is 1. The van der Waals surface area contributed by atoms with Crippen molar-refractivity contribution in [3.05, 3.63) is 87.4 Å². The van der Waals surface area contributed by atoms with E-state index in [2.05, 4.69) is 36.2 Å². The number of aryl methyl sites for hydroxylation is 2. The number of aromatic carboxylic acids is 1. The molecule has 2 aromatic heterocycles. The molecule has 0 aliphatic rings. The van der Waals surface area contributed by atoms with Gasteiger partial charge in [0.25, 0.3) is 0 Å². The SMILES string of the molecule is CCCCCCCCCc1ccc(C(Sc2ccc3cc(C(=O)O)c(OC)nc3c2)C(O)CCCC(=O)OCc2oc(=O)oc2C)cc1. The number of pyridine rings is 1. The maximum Gasteiger partial charge on any atom is 0.519 e. The van der Waals surface area contributed by atoms with E-state index in [0.29, 0.717) is 23.7 Å². The summed E-state index contributed by atoms with van der Waals surface area (Å²) in [6, 6.07) is 15.5. The Labute approximate surface area is 284 Å². The number of fused-ring (bicyclic) bond motifs is 1. The maximum atomic E-state index is 12.4. The van der Waals surface area contributed by atoms with Gasteiger partial charge in [-0.25, -0.2) is 14.6 Å². The minimum atomic E-state index is -1.12. The average molecular weight is 680 g/mol. The van der Waals surface area contributed by atoms with E-state index >= 15 is 0 Å². The number of carboxylic acids is 1. The number of hydrogen-bond acceptors (Lipinski definition) is 10. The first-order valence-corrected chi connectivity index (χ1v) is 17.5. The lowest BCUT2D eigenvalue weighted by Gasteiger charge is -2.23. The Morgan fingerprint density at radius 3 is 2.35 bits per heavy atom. The summed E-state index contributed by atoms with van der Waals surface area (Å²) >= 11 is 1.48. The predicted molar refractivity (Wildman–Crippen MR) is 184 cm³/mol. The fourth-order valence-electron chi connectivity index (χ4n) is 5.52. The Kier molecular flexibility index (Phi) is 14.1. The Hall–Kier alpha value is -4.09. The Morgan fingerprint density at radius 1 is 0.958 bits per heavy atom. The summed E-state index contributed by atoms with van der Waals surface area (Å²) in [5.41, 5.74) is 2.77. The van der Waals surface area contributed by atoms with Crippen LogP contribution < -0.4 is 10.6 Å². The van der Waals surface area contributed by atoms with Gasteiger partial charge in [0.2, 0.25) is 5.88 Å². The molecule has 258 valence electrons. The van der Waals surface area contributed by atoms with Crippen LogP contribution in [0.3, 0.4) is 0 Å². The van der Waals surface area contributed by atoms with Crippen LogP contribution in [0.25, 0.3) is 10.9 Å². The zero-order valence-electron chi connectivity index (χ0n) is 27.9. The number of rotatable bonds is 20. The lowest BCUT2D eigenvalue weighted by molar-refractivity contribution is -0.145. The quantitative estimate of drug-likeness (QED) is 0.0529. The van der Waals surface area contributed by atoms with Crippen molar-refractivity contribution in [3.63, 3.8) is 0 Å². The number of aromatic nitrogens is 1. The first-order chi connectivity index (χ1) is 23.2. The molecule has 2 atom stereocenters. The van der Waals surface area contributed by atoms with Crippen LogP contribution in [0.5, 0.6) is 5.88 Å². The highest BCUT2D eigenvalue weighted by atomic mass is 32.2. The van der Waals surface area contributed by atoms with Gasteiger partial charge in [0.1, 0.15) is 5.56 Å². The van der Waals surface area contributed by atoms with Gasteiger partial charge in [-0.05, 0) is 61.9 Å². The van der Waals surface area contributed by atoms with Crippen molar-refractivity contribution >= 4 is 34.6 Å². The molecule has 2 N–H and O–H groups in total. The van der Waals surface area contributed by atoms with E-state index < -0.39 is 23.9 Å². The molecule has 48 heavy (non-hydrogen) atoms. The molecule has 11 heteroatoms. The van der Waals surface area contributed by atoms with E-state index in [4.69, 9.17) is 18.3 Å². The molecule has 2 aromatic carbocycles. The molecular formula is C37H45NO9S. The van der Waals surface area contributed by atoms with Gasteiger partial charge in [-0.1, -0.05) is 75.8 Å². The normalized spacial score (nSPS) is 12.6. The van der Waals surface area contributed by atoms with Crippen LogP contribution in [0.15, 0.2) is 67.1 Å². The minimum Gasteiger partial charge on any atom is -0.480 e. The molecule has 0 aliphatic carbocycles. The molecule has 2 unspecified atom stereocenters. The monoisotopic (exact) mass is 679 g/mol. The van der Waals surface area contributed by atoms with Gasteiger partial charge in [-0.3, -0.25) is 4.79 Å². The first kappa shape index (κ1) is 36.7. The third-order valence-electron chi connectivity index (χ3n) is 8.25. The number of aliphatic hydroxyl groups excluding tert-OH is 1. The molecule has 0 amide bonds. The maximum absolute atomic E-state index is 12.4. The molecule has 0 spiro atoms. The van der Waals surface area contributed by atoms with Crippen LogP contribution in [0.4, 0.5) is 0 Å². The second kappa shape index (κ2) is 18.5. The number of carboxylic acid groups (broad SMARTS) is 1. The third kappa shape index (κ3) is 10.7. The number of carbonyl (C=O) groups excluding carboxylic acids is 1. The molecule has 2 heterocycles. The second-order valence-electron chi connectivity index (χ2n) is 11.9. The zero-order chi connectivity index (χ0) is 34.5. The van der Waals surface area contributed by atoms with Crippen LogP contribution in [-0.4, -0.2) is 40.3 Å². The van der Waals surface area contributed by atoms with E-state index in [-0.39, 0.29) is 41.2 Å². The Bertz CT molecular complexity index is 1700. The molecule has 10 nitrogen and oxygen atoms in total. The standard InChI is InChI=1S/C37H45NO9S/c1-4-5-6-7-8-9-10-12-25-15-17-26(18-16-25)34(31(39)13-11-14-33(40)45-23-32-24(2)46-37(43)47-32)48-28-20-19-27-21-29(36(41)42)35(44-3)38-30(27)22-28/h15-22,31,34,39H,4-14,23H2,1-3H3,(H,41,42). The van der Waals surface area contributed by atoms with Crippen molar-refractivity contribution in [2.75, 3.05) is 7.11 Å². The largest absolute Gasteiger partial charge is 0.519 e. The molecule has 0 fully saturated rings. The summed E-state index contributed by atoms with van der Waals surface area (Å²) in [5.74, 6) is -1.97. The number of thioether (sulfide) groups is 1. The number of carbonyl (C=O) groups is 2. The van der Waals surface area contributed by atoms with Crippen molar-refractivity contribution in [1.29, 1.82) is 0 Å². The highest BCUT2D eigenvalue weighted by Gasteiger charge is 2.24. The van der Waals surface area contributed by atoms with Crippen molar-refractivity contribution in [2.24, 2.45) is 0 Å². The highest BCUT2D eigenvalue weighted by molar-refractivity contribution is 7.99. The van der Waals surface area contributed by atoms with E-state index in [9.17, 15) is 24.6 Å². The molecule has 4 rings (SSSR count). The zero-order valence-corrected chi connectivity index (χ0v) is 28.7. The van der Waals surface area contributed by atoms with E-state index in [1.807, 2.05) is 18.2 Å². The number of aliphatic hydroxyl groups is 1. The molecule has 0 radical (unpaired) electrons. The van der Waals surface area contributed by atoms with Gasteiger partial charge in [-0.15, -0.1) is 11.8 Å². The number of unbranched alkanes of at least 4 members (excludes halogenated alkanes) is 6. The van der Waals surface area contributed by atoms with Gasteiger partial charge >= 0.3 is 17.8 Å². The lowest BCUT2D eigenvalue weighted by Crippen LogP contribution is -2.17. The third-order valence-corrected chi connectivity index (χ3v) is 9.61. The number of ether oxygens (including phenoxy) is 2. The van der Waals surface area contributed by atoms with Crippen molar-refractivity contribution in [3.8, 4) is 5.88 Å². The van der Waals surface area contributed by atoms with Crippen molar-refractivity contribution in [2.45, 2.75) is 107 Å². The van der Waals surface area contributed by atoms with Gasteiger partial charge < -0.3 is 28.5 Å². The minimum absolute atomic E-state index is 0.0155. The van der Waals surface area contributed by atoms with Gasteiger partial charge in [-0.2, -0.15) is 0 Å². The smallest absolute Gasteiger partial charge is 0.480 e. The van der Waals surface area contributed by atoms with Gasteiger partial charge in [0, 0.05) is 16.7 Å². The van der Waals surface area contributed by atoms with E-state index in [0.717, 1.165) is 23.3 Å². The summed E-state index contributed by atoms with van der Waals surface area (Å²) in [5, 5.41) is 21.3. The van der Waals surface area contributed by atoms with E-state index in [1.165, 1.54) is 69.0 Å². The average Bonchev–Trinajstić information content (AvgIpc) is 3.41. The summed E-state index contributed by atoms with van der Waals surface area (Å²) < 4.78 is 20.1. The molecule has 0 bridgehead atoms. The second-order valence-corrected chi connectivity index (χ2v) is 13.1. The summed E-state index contributed by atoms with van der Waals surface area (Å²) in [6.45, 7) is 3.59. The summed E-state index contributed by atoms with van der Waals surface area (Å²) in [6.07, 6.45) is 9.81. The van der Waals surface area contributed by atoms with Crippen molar-refractivity contribution in [1.82, 2.24) is 4.98 Å². The Balaban J connectivity index is 1.44. The van der Waals surface area contributed by atoms with Crippen molar-refractivity contribution < 1.29 is 38.1 Å². The van der Waals surface area contributed by atoms with Crippen LogP contribution in [0, 0.1) is 6.92 Å². The number of hydrogen-bond donors (Lipinski definition) is 2. The first-order valence-electron chi connectivity index (χ1n) is 16.6. The Morgan fingerprint density at radius 2 is 1.69 bits per heavy atom. The van der Waals surface area contributed by atoms with Gasteiger partial charge in [0.05, 0.1) is 24.0 Å². The fraction of sp³-hybridized carbons (Fsp3) is 0.459. The number of methoxy groups -OCH3 is 1. The number of benzene rings is 2. The van der Waals surface area contributed by atoms with Crippen LogP contribution >= 0.6 is 11.8 Å².